The van der Waals surface area contributed by atoms with E-state index in [1.165, 1.54) is 32.9 Å². The van der Waals surface area contributed by atoms with E-state index in [4.69, 9.17) is 0 Å². The van der Waals surface area contributed by atoms with Crippen molar-refractivity contribution in [2.75, 3.05) is 0 Å². The third-order valence-electron chi connectivity index (χ3n) is 7.29. The number of pyridine rings is 1. The van der Waals surface area contributed by atoms with E-state index < -0.39 is 0 Å². The molecule has 39 heavy (non-hydrogen) atoms. The van der Waals surface area contributed by atoms with Crippen molar-refractivity contribution in [3.63, 3.8) is 0 Å². The van der Waals surface area contributed by atoms with Crippen LogP contribution in [0.1, 0.15) is 5.69 Å². The number of nitrogens with zero attached hydrogens (tertiary/aromatic N) is 3. The van der Waals surface area contributed by atoms with E-state index in [1.807, 2.05) is 12.1 Å². The van der Waals surface area contributed by atoms with Gasteiger partial charge in [0, 0.05) is 22.7 Å². The molecule has 2 aromatic heterocycles. The average Bonchev–Trinajstić information content (AvgIpc) is 3.35. The lowest BCUT2D eigenvalue weighted by atomic mass is 9.97. The molecule has 0 amide bonds. The zero-order valence-electron chi connectivity index (χ0n) is 21.1. The highest BCUT2D eigenvalue weighted by molar-refractivity contribution is 6.11. The Labute approximate surface area is 226 Å². The van der Waals surface area contributed by atoms with Crippen molar-refractivity contribution in [3.8, 4) is 45.1 Å². The van der Waals surface area contributed by atoms with E-state index >= 15 is 0 Å². The molecular formula is C36H23N3. The van der Waals surface area contributed by atoms with E-state index in [0.717, 1.165) is 27.9 Å². The molecule has 0 fully saturated rings. The maximum absolute atomic E-state index is 9.29. The molecule has 0 aliphatic carbocycles. The number of fused-ring (bicyclic) bond motifs is 3. The van der Waals surface area contributed by atoms with Crippen LogP contribution in [0.5, 0.6) is 0 Å². The van der Waals surface area contributed by atoms with Gasteiger partial charge in [0.15, 0.2) is 0 Å². The Bertz CT molecular complexity index is 2010. The molecule has 7 rings (SSSR count). The van der Waals surface area contributed by atoms with Crippen LogP contribution in [0.3, 0.4) is 0 Å². The number of hydrogen-bond acceptors (Lipinski definition) is 2. The van der Waals surface area contributed by atoms with Gasteiger partial charge in [-0.3, -0.25) is 0 Å². The summed E-state index contributed by atoms with van der Waals surface area (Å²) in [5, 5.41) is 11.7. The third kappa shape index (κ3) is 4.05. The SMILES string of the molecule is N#Cc1cc(-c2cccc(-c3ccc4c(c3)c3cc(-c5ccccc5)ccc3n4-c3ccccc3)c2)ccn1. The van der Waals surface area contributed by atoms with Crippen molar-refractivity contribution in [1.29, 1.82) is 5.26 Å². The maximum atomic E-state index is 9.29. The summed E-state index contributed by atoms with van der Waals surface area (Å²) in [6.45, 7) is 0. The van der Waals surface area contributed by atoms with Gasteiger partial charge in [-0.1, -0.05) is 78.9 Å². The first kappa shape index (κ1) is 22.7. The fourth-order valence-corrected chi connectivity index (χ4v) is 5.42. The molecule has 0 N–H and O–H groups in total. The zero-order chi connectivity index (χ0) is 26.2. The fraction of sp³-hybridized carbons (Fsp3) is 0. The van der Waals surface area contributed by atoms with Crippen LogP contribution in [-0.4, -0.2) is 9.55 Å². The molecule has 0 radical (unpaired) electrons. The quantitative estimate of drug-likeness (QED) is 0.243. The molecule has 0 spiro atoms. The first-order valence-corrected chi connectivity index (χ1v) is 12.9. The normalized spacial score (nSPS) is 11.1. The molecule has 0 saturated heterocycles. The zero-order valence-corrected chi connectivity index (χ0v) is 21.1. The van der Waals surface area contributed by atoms with Gasteiger partial charge in [0.1, 0.15) is 11.8 Å². The van der Waals surface area contributed by atoms with E-state index in [2.05, 4.69) is 137 Å². The summed E-state index contributed by atoms with van der Waals surface area (Å²) in [6, 6.07) is 49.0. The van der Waals surface area contributed by atoms with Gasteiger partial charge < -0.3 is 4.57 Å². The first-order valence-electron chi connectivity index (χ1n) is 12.9. The minimum absolute atomic E-state index is 0.419. The smallest absolute Gasteiger partial charge is 0.141 e. The van der Waals surface area contributed by atoms with E-state index in [9.17, 15) is 5.26 Å². The van der Waals surface area contributed by atoms with Crippen LogP contribution in [0.2, 0.25) is 0 Å². The van der Waals surface area contributed by atoms with Gasteiger partial charge in [-0.2, -0.15) is 5.26 Å². The van der Waals surface area contributed by atoms with Gasteiger partial charge >= 0.3 is 0 Å². The molecule has 182 valence electrons. The number of nitriles is 1. The molecule has 0 atom stereocenters. The van der Waals surface area contributed by atoms with Crippen LogP contribution in [-0.2, 0) is 0 Å². The van der Waals surface area contributed by atoms with Crippen LogP contribution in [0, 0.1) is 11.3 Å². The molecule has 3 nitrogen and oxygen atoms in total. The largest absolute Gasteiger partial charge is 0.309 e. The van der Waals surface area contributed by atoms with Gasteiger partial charge in [0.25, 0.3) is 0 Å². The summed E-state index contributed by atoms with van der Waals surface area (Å²) in [7, 11) is 0. The maximum Gasteiger partial charge on any atom is 0.141 e. The summed E-state index contributed by atoms with van der Waals surface area (Å²) < 4.78 is 2.35. The summed E-state index contributed by atoms with van der Waals surface area (Å²) in [5.74, 6) is 0. The minimum Gasteiger partial charge on any atom is -0.309 e. The van der Waals surface area contributed by atoms with Crippen LogP contribution in [0.25, 0.3) is 60.9 Å². The number of aromatic nitrogens is 2. The number of para-hydroxylation sites is 1. The molecule has 0 saturated carbocycles. The molecule has 7 aromatic rings. The van der Waals surface area contributed by atoms with E-state index in [1.54, 1.807) is 6.20 Å². The molecular weight excluding hydrogens is 474 g/mol. The number of hydrogen-bond donors (Lipinski definition) is 0. The number of rotatable bonds is 4. The highest BCUT2D eigenvalue weighted by Crippen LogP contribution is 2.37. The molecule has 0 bridgehead atoms. The topological polar surface area (TPSA) is 41.6 Å². The lowest BCUT2D eigenvalue weighted by molar-refractivity contribution is 1.18. The Morgan fingerprint density at radius 3 is 1.67 bits per heavy atom. The van der Waals surface area contributed by atoms with Gasteiger partial charge in [0.2, 0.25) is 0 Å². The summed E-state index contributed by atoms with van der Waals surface area (Å²) in [6.07, 6.45) is 1.69. The second-order valence-corrected chi connectivity index (χ2v) is 9.62. The highest BCUT2D eigenvalue weighted by atomic mass is 15.0. The Morgan fingerprint density at radius 2 is 1.03 bits per heavy atom. The highest BCUT2D eigenvalue weighted by Gasteiger charge is 2.15. The van der Waals surface area contributed by atoms with E-state index in [0.29, 0.717) is 5.69 Å². The monoisotopic (exact) mass is 497 g/mol. The third-order valence-corrected chi connectivity index (χ3v) is 7.29. The summed E-state index contributed by atoms with van der Waals surface area (Å²) >= 11 is 0. The minimum atomic E-state index is 0.419. The van der Waals surface area contributed by atoms with Crippen molar-refractivity contribution in [2.24, 2.45) is 0 Å². The molecule has 2 heterocycles. The second-order valence-electron chi connectivity index (χ2n) is 9.62. The van der Waals surface area contributed by atoms with Crippen LogP contribution in [0.15, 0.2) is 140 Å². The summed E-state index contributed by atoms with van der Waals surface area (Å²) in [5.41, 5.74) is 10.7. The van der Waals surface area contributed by atoms with Gasteiger partial charge in [-0.25, -0.2) is 4.98 Å². The Kier molecular flexibility index (Phi) is 5.50. The van der Waals surface area contributed by atoms with Crippen molar-refractivity contribution >= 4 is 21.8 Å². The Balaban J connectivity index is 1.43. The standard InChI is InChI=1S/C36H23N3/c37-24-31-21-30(18-19-38-31)27-11-7-10-26(20-27)29-15-17-36-34(23-29)33-22-28(25-8-3-1-4-9-25)14-16-35(33)39(36)32-12-5-2-6-13-32/h1-23H. The van der Waals surface area contributed by atoms with Gasteiger partial charge in [-0.05, 0) is 88.0 Å². The lowest BCUT2D eigenvalue weighted by Gasteiger charge is -2.09. The van der Waals surface area contributed by atoms with Crippen molar-refractivity contribution in [3.05, 3.63) is 145 Å². The second kappa shape index (κ2) is 9.45. The Morgan fingerprint density at radius 1 is 0.487 bits per heavy atom. The lowest BCUT2D eigenvalue weighted by Crippen LogP contribution is -1.93. The first-order chi connectivity index (χ1) is 19.3. The van der Waals surface area contributed by atoms with E-state index in [-0.39, 0.29) is 0 Å². The fourth-order valence-electron chi connectivity index (χ4n) is 5.42. The summed E-state index contributed by atoms with van der Waals surface area (Å²) in [4.78, 5) is 4.12. The molecule has 0 aliphatic rings. The predicted molar refractivity (Wildman–Crippen MR) is 160 cm³/mol. The van der Waals surface area contributed by atoms with Gasteiger partial charge in [-0.15, -0.1) is 0 Å². The van der Waals surface area contributed by atoms with Crippen LogP contribution >= 0.6 is 0 Å². The van der Waals surface area contributed by atoms with Crippen molar-refractivity contribution in [2.45, 2.75) is 0 Å². The molecule has 0 aliphatic heterocycles. The Hall–Kier alpha value is -5.46. The molecule has 3 heteroatoms. The molecule has 0 unspecified atom stereocenters. The predicted octanol–water partition coefficient (Wildman–Crippen LogP) is 9.05. The number of benzene rings is 5. The van der Waals surface area contributed by atoms with Gasteiger partial charge in [0.05, 0.1) is 11.0 Å². The van der Waals surface area contributed by atoms with Crippen molar-refractivity contribution < 1.29 is 0 Å². The van der Waals surface area contributed by atoms with Crippen LogP contribution < -0.4 is 0 Å². The van der Waals surface area contributed by atoms with Crippen LogP contribution in [0.4, 0.5) is 0 Å². The molecule has 5 aromatic carbocycles. The van der Waals surface area contributed by atoms with Crippen molar-refractivity contribution in [1.82, 2.24) is 9.55 Å². The average molecular weight is 498 g/mol.